The third-order valence-electron chi connectivity index (χ3n) is 0.734. The van der Waals surface area contributed by atoms with Gasteiger partial charge in [-0.2, -0.15) is 8.42 Å². The van der Waals surface area contributed by atoms with Gasteiger partial charge in [-0.1, -0.05) is 0 Å². The van der Waals surface area contributed by atoms with Gasteiger partial charge in [0.15, 0.2) is 0 Å². The first kappa shape index (κ1) is 9.83. The van der Waals surface area contributed by atoms with E-state index in [0.717, 1.165) is 7.11 Å². The molecule has 0 aliphatic heterocycles. The van der Waals surface area contributed by atoms with E-state index in [1.807, 2.05) is 0 Å². The summed E-state index contributed by atoms with van der Waals surface area (Å²) in [6, 6.07) is 0. The lowest BCUT2D eigenvalue weighted by molar-refractivity contribution is 0.208. The molecule has 0 fully saturated rings. The fraction of sp³-hybridized carbons (Fsp3) is 1.00. The number of aliphatic hydroxyl groups is 1. The van der Waals surface area contributed by atoms with E-state index in [9.17, 15) is 8.42 Å². The topological polar surface area (TPSA) is 72.8 Å². The maximum atomic E-state index is 10.3. The van der Waals surface area contributed by atoms with Gasteiger partial charge in [0.25, 0.3) is 0 Å². The first-order valence-electron chi connectivity index (χ1n) is 2.68. The lowest BCUT2D eigenvalue weighted by Gasteiger charge is -1.99. The molecule has 62 valence electrons. The van der Waals surface area contributed by atoms with Gasteiger partial charge in [-0.05, 0) is 6.42 Å². The highest BCUT2D eigenvalue weighted by Crippen LogP contribution is 1.93. The molecule has 5 nitrogen and oxygen atoms in total. The molecule has 0 bridgehead atoms. The molecular formula is C4H10O5S. The normalized spacial score (nSPS) is 11.8. The molecule has 0 saturated carbocycles. The maximum absolute atomic E-state index is 10.3. The summed E-state index contributed by atoms with van der Waals surface area (Å²) in [7, 11) is -2.79. The molecule has 0 rings (SSSR count). The van der Waals surface area contributed by atoms with Gasteiger partial charge in [-0.25, -0.2) is 4.18 Å². The van der Waals surface area contributed by atoms with Crippen LogP contribution in [-0.4, -0.2) is 33.8 Å². The molecule has 0 aromatic heterocycles. The Kier molecular flexibility index (Phi) is 4.54. The van der Waals surface area contributed by atoms with Crippen molar-refractivity contribution >= 4 is 10.4 Å². The van der Waals surface area contributed by atoms with Crippen LogP contribution in [0.25, 0.3) is 0 Å². The van der Waals surface area contributed by atoms with Crippen molar-refractivity contribution in [1.82, 2.24) is 0 Å². The van der Waals surface area contributed by atoms with Crippen LogP contribution in [0.5, 0.6) is 0 Å². The molecule has 0 unspecified atom stereocenters. The van der Waals surface area contributed by atoms with Gasteiger partial charge in [0.05, 0.1) is 13.7 Å². The van der Waals surface area contributed by atoms with Gasteiger partial charge in [0.1, 0.15) is 0 Å². The average Bonchev–Trinajstić information content (AvgIpc) is 1.89. The van der Waals surface area contributed by atoms with Crippen molar-refractivity contribution in [2.24, 2.45) is 0 Å². The van der Waals surface area contributed by atoms with Gasteiger partial charge in [-0.3, -0.25) is 4.18 Å². The minimum absolute atomic E-state index is 0.0489. The maximum Gasteiger partial charge on any atom is 0.399 e. The summed E-state index contributed by atoms with van der Waals surface area (Å²) in [4.78, 5) is 0. The minimum Gasteiger partial charge on any atom is -0.396 e. The van der Waals surface area contributed by atoms with E-state index in [1.165, 1.54) is 0 Å². The summed E-state index contributed by atoms with van der Waals surface area (Å²) in [5.74, 6) is 0. The van der Waals surface area contributed by atoms with Crippen LogP contribution in [0.2, 0.25) is 0 Å². The highest BCUT2D eigenvalue weighted by atomic mass is 32.3. The van der Waals surface area contributed by atoms with E-state index in [1.54, 1.807) is 0 Å². The van der Waals surface area contributed by atoms with Crippen LogP contribution in [0.15, 0.2) is 0 Å². The lowest BCUT2D eigenvalue weighted by atomic mass is 10.5. The molecule has 0 aliphatic rings. The molecule has 1 N–H and O–H groups in total. The van der Waals surface area contributed by atoms with Crippen molar-refractivity contribution in [2.75, 3.05) is 20.3 Å². The standard InChI is InChI=1S/C4H10O5S/c1-8-10(6,7)9-4-2-3-5/h5H,2-4H2,1H3. The molecule has 0 spiro atoms. The van der Waals surface area contributed by atoms with Crippen molar-refractivity contribution in [3.8, 4) is 0 Å². The molecule has 0 amide bonds. The summed E-state index contributed by atoms with van der Waals surface area (Å²) in [5, 5.41) is 8.22. The quantitative estimate of drug-likeness (QED) is 0.551. The van der Waals surface area contributed by atoms with Gasteiger partial charge in [-0.15, -0.1) is 0 Å². The average molecular weight is 170 g/mol. The summed E-state index contributed by atoms with van der Waals surface area (Å²) in [5.41, 5.74) is 0. The van der Waals surface area contributed by atoms with Crippen LogP contribution < -0.4 is 0 Å². The molecule has 0 aromatic carbocycles. The summed E-state index contributed by atoms with van der Waals surface area (Å²) < 4.78 is 28.9. The fourth-order valence-corrected chi connectivity index (χ4v) is 0.692. The Balaban J connectivity index is 3.49. The first-order valence-corrected chi connectivity index (χ1v) is 4.01. The molecule has 0 saturated heterocycles. The van der Waals surface area contributed by atoms with Crippen molar-refractivity contribution in [3.05, 3.63) is 0 Å². The first-order chi connectivity index (χ1) is 4.62. The SMILES string of the molecule is COS(=O)(=O)OCCCO. The van der Waals surface area contributed by atoms with Crippen LogP contribution in [-0.2, 0) is 18.8 Å². The molecule has 0 radical (unpaired) electrons. The van der Waals surface area contributed by atoms with Crippen molar-refractivity contribution in [2.45, 2.75) is 6.42 Å². The Bertz CT molecular complexity index is 160. The molecule has 0 aromatic rings. The predicted molar refractivity (Wildman–Crippen MR) is 33.6 cm³/mol. The zero-order valence-corrected chi connectivity index (χ0v) is 6.43. The number of hydrogen-bond donors (Lipinski definition) is 1. The fourth-order valence-electron chi connectivity index (χ4n) is 0.274. The van der Waals surface area contributed by atoms with E-state index in [0.29, 0.717) is 0 Å². The van der Waals surface area contributed by atoms with E-state index in [-0.39, 0.29) is 19.6 Å². The number of hydrogen-bond acceptors (Lipinski definition) is 5. The number of rotatable bonds is 5. The van der Waals surface area contributed by atoms with Crippen LogP contribution in [0.3, 0.4) is 0 Å². The zero-order valence-electron chi connectivity index (χ0n) is 5.61. The van der Waals surface area contributed by atoms with Gasteiger partial charge in [0.2, 0.25) is 0 Å². The second kappa shape index (κ2) is 4.62. The molecule has 0 heterocycles. The van der Waals surface area contributed by atoms with Crippen LogP contribution in [0, 0.1) is 0 Å². The Morgan fingerprint density at radius 1 is 1.50 bits per heavy atom. The van der Waals surface area contributed by atoms with E-state index in [2.05, 4.69) is 8.37 Å². The van der Waals surface area contributed by atoms with Crippen molar-refractivity contribution in [1.29, 1.82) is 0 Å². The summed E-state index contributed by atoms with van der Waals surface area (Å²) in [6.45, 7) is -0.147. The van der Waals surface area contributed by atoms with E-state index >= 15 is 0 Å². The highest BCUT2D eigenvalue weighted by molar-refractivity contribution is 7.81. The third kappa shape index (κ3) is 4.68. The molecule has 6 heteroatoms. The van der Waals surface area contributed by atoms with Crippen LogP contribution >= 0.6 is 0 Å². The van der Waals surface area contributed by atoms with Crippen molar-refractivity contribution in [3.63, 3.8) is 0 Å². The Hall–Kier alpha value is -0.170. The van der Waals surface area contributed by atoms with E-state index in [4.69, 9.17) is 5.11 Å². The Morgan fingerprint density at radius 3 is 2.50 bits per heavy atom. The second-order valence-corrected chi connectivity index (χ2v) is 2.86. The second-order valence-electron chi connectivity index (χ2n) is 1.47. The number of aliphatic hydroxyl groups excluding tert-OH is 1. The predicted octanol–water partition coefficient (Wildman–Crippen LogP) is -0.723. The Morgan fingerprint density at radius 2 is 2.10 bits per heavy atom. The molecule has 0 aliphatic carbocycles. The Labute approximate surface area is 59.9 Å². The largest absolute Gasteiger partial charge is 0.399 e. The van der Waals surface area contributed by atoms with Crippen molar-refractivity contribution < 1.29 is 21.9 Å². The van der Waals surface area contributed by atoms with Gasteiger partial charge in [0, 0.05) is 6.61 Å². The third-order valence-corrected chi connectivity index (χ3v) is 1.60. The van der Waals surface area contributed by atoms with Crippen LogP contribution in [0.4, 0.5) is 0 Å². The molecule has 0 atom stereocenters. The minimum atomic E-state index is -3.80. The summed E-state index contributed by atoms with van der Waals surface area (Å²) in [6.07, 6.45) is 0.280. The smallest absolute Gasteiger partial charge is 0.396 e. The van der Waals surface area contributed by atoms with Crippen LogP contribution in [0.1, 0.15) is 6.42 Å². The van der Waals surface area contributed by atoms with E-state index < -0.39 is 10.4 Å². The summed E-state index contributed by atoms with van der Waals surface area (Å²) >= 11 is 0. The monoisotopic (exact) mass is 170 g/mol. The molecule has 10 heavy (non-hydrogen) atoms. The highest BCUT2D eigenvalue weighted by Gasteiger charge is 2.06. The molecular weight excluding hydrogens is 160 g/mol. The lowest BCUT2D eigenvalue weighted by Crippen LogP contribution is -2.09. The van der Waals surface area contributed by atoms with Gasteiger partial charge < -0.3 is 5.11 Å². The zero-order chi connectivity index (χ0) is 8.04. The van der Waals surface area contributed by atoms with Gasteiger partial charge >= 0.3 is 10.4 Å².